The minimum Gasteiger partial charge on any atom is -0.491 e. The lowest BCUT2D eigenvalue weighted by molar-refractivity contribution is 0.0734. The molecule has 200 valence electrons. The molecule has 0 aromatic heterocycles. The van der Waals surface area contributed by atoms with Gasteiger partial charge in [0.05, 0.1) is 17.6 Å². The molecule has 0 aliphatic carbocycles. The molecular weight excluding hydrogens is 504 g/mol. The Labute approximate surface area is 233 Å². The summed E-state index contributed by atoms with van der Waals surface area (Å²) in [7, 11) is 0. The number of ether oxygens (including phenoxy) is 4. The molecule has 4 aromatic carbocycles. The van der Waals surface area contributed by atoms with E-state index in [9.17, 15) is 10.1 Å². The van der Waals surface area contributed by atoms with Crippen molar-refractivity contribution in [2.24, 2.45) is 5.73 Å². The predicted octanol–water partition coefficient (Wildman–Crippen LogP) is 6.49. The van der Waals surface area contributed by atoms with Crippen LogP contribution in [0.5, 0.6) is 23.0 Å². The van der Waals surface area contributed by atoms with E-state index >= 15 is 0 Å². The standard InChI is InChI=1S/C33H28N2O5/c1-21(2)38-26-14-10-24(11-15-26)33(36)39-27-16-17-28-30(18-27)40-32(35)29(19-34)31(28)23-8-12-25(13-9-23)37-20-22-6-4-3-5-7-22/h3-18,21,31H,20,35H2,1-2H3. The van der Waals surface area contributed by atoms with Gasteiger partial charge in [0.15, 0.2) is 0 Å². The number of benzene rings is 4. The Balaban J connectivity index is 1.34. The Morgan fingerprint density at radius 3 is 2.27 bits per heavy atom. The summed E-state index contributed by atoms with van der Waals surface area (Å²) in [4.78, 5) is 12.7. The summed E-state index contributed by atoms with van der Waals surface area (Å²) < 4.78 is 22.9. The second-order valence-corrected chi connectivity index (χ2v) is 9.55. The van der Waals surface area contributed by atoms with Gasteiger partial charge < -0.3 is 24.7 Å². The Morgan fingerprint density at radius 2 is 1.60 bits per heavy atom. The van der Waals surface area contributed by atoms with Crippen LogP contribution in [0.3, 0.4) is 0 Å². The van der Waals surface area contributed by atoms with Crippen LogP contribution in [-0.4, -0.2) is 12.1 Å². The Bertz CT molecular complexity index is 1570. The van der Waals surface area contributed by atoms with E-state index in [2.05, 4.69) is 6.07 Å². The quantitative estimate of drug-likeness (QED) is 0.204. The highest BCUT2D eigenvalue weighted by Gasteiger charge is 2.31. The summed E-state index contributed by atoms with van der Waals surface area (Å²) in [6, 6.07) is 31.5. The largest absolute Gasteiger partial charge is 0.491 e. The first kappa shape index (κ1) is 26.4. The van der Waals surface area contributed by atoms with Gasteiger partial charge in [-0.15, -0.1) is 0 Å². The van der Waals surface area contributed by atoms with Gasteiger partial charge in [0.25, 0.3) is 0 Å². The first-order valence-electron chi connectivity index (χ1n) is 12.9. The SMILES string of the molecule is CC(C)Oc1ccc(C(=O)Oc2ccc3c(c2)OC(N)=C(C#N)C3c2ccc(OCc3ccccc3)cc2)cc1. The molecule has 7 heteroatoms. The van der Waals surface area contributed by atoms with Crippen molar-refractivity contribution in [1.82, 2.24) is 0 Å². The van der Waals surface area contributed by atoms with Gasteiger partial charge in [-0.05, 0) is 67.4 Å². The van der Waals surface area contributed by atoms with E-state index in [-0.39, 0.29) is 12.0 Å². The molecule has 4 aromatic rings. The van der Waals surface area contributed by atoms with Crippen LogP contribution in [0.15, 0.2) is 109 Å². The van der Waals surface area contributed by atoms with E-state index in [1.54, 1.807) is 42.5 Å². The van der Waals surface area contributed by atoms with Gasteiger partial charge in [-0.2, -0.15) is 5.26 Å². The predicted molar refractivity (Wildman–Crippen MR) is 150 cm³/mol. The Morgan fingerprint density at radius 1 is 0.925 bits per heavy atom. The molecule has 5 rings (SSSR count). The van der Waals surface area contributed by atoms with Crippen LogP contribution < -0.4 is 24.7 Å². The molecular formula is C33H28N2O5. The number of allylic oxidation sites excluding steroid dienone is 1. The highest BCUT2D eigenvalue weighted by atomic mass is 16.5. The number of carbonyl (C=O) groups excluding carboxylic acids is 1. The maximum absolute atomic E-state index is 12.7. The fourth-order valence-corrected chi connectivity index (χ4v) is 4.45. The minimum absolute atomic E-state index is 0.00798. The third kappa shape index (κ3) is 5.92. The highest BCUT2D eigenvalue weighted by Crippen LogP contribution is 2.43. The van der Waals surface area contributed by atoms with Crippen molar-refractivity contribution in [1.29, 1.82) is 5.26 Å². The van der Waals surface area contributed by atoms with Gasteiger partial charge in [-0.1, -0.05) is 48.5 Å². The van der Waals surface area contributed by atoms with E-state index in [0.717, 1.165) is 16.7 Å². The molecule has 0 saturated carbocycles. The molecule has 0 saturated heterocycles. The van der Waals surface area contributed by atoms with E-state index in [1.165, 1.54) is 0 Å². The van der Waals surface area contributed by atoms with E-state index in [0.29, 0.717) is 40.7 Å². The molecule has 0 spiro atoms. The summed E-state index contributed by atoms with van der Waals surface area (Å²) in [5.41, 5.74) is 9.50. The smallest absolute Gasteiger partial charge is 0.343 e. The van der Waals surface area contributed by atoms with Crippen molar-refractivity contribution in [3.63, 3.8) is 0 Å². The number of fused-ring (bicyclic) bond motifs is 1. The number of rotatable bonds is 8. The van der Waals surface area contributed by atoms with Gasteiger partial charge in [-0.25, -0.2) is 4.79 Å². The molecule has 7 nitrogen and oxygen atoms in total. The van der Waals surface area contributed by atoms with Crippen LogP contribution in [-0.2, 0) is 6.61 Å². The second-order valence-electron chi connectivity index (χ2n) is 9.55. The molecule has 0 radical (unpaired) electrons. The van der Waals surface area contributed by atoms with Crippen LogP contribution >= 0.6 is 0 Å². The lowest BCUT2D eigenvalue weighted by Gasteiger charge is -2.26. The molecule has 0 amide bonds. The number of esters is 1. The number of nitrogens with zero attached hydrogens (tertiary/aromatic N) is 1. The monoisotopic (exact) mass is 532 g/mol. The highest BCUT2D eigenvalue weighted by molar-refractivity contribution is 5.91. The summed E-state index contributed by atoms with van der Waals surface area (Å²) in [5, 5.41) is 9.88. The Kier molecular flexibility index (Phi) is 7.70. The third-order valence-electron chi connectivity index (χ3n) is 6.32. The maximum Gasteiger partial charge on any atom is 0.343 e. The summed E-state index contributed by atoms with van der Waals surface area (Å²) in [6.45, 7) is 4.32. The summed E-state index contributed by atoms with van der Waals surface area (Å²) in [5.74, 6) is 1.13. The van der Waals surface area contributed by atoms with Crippen LogP contribution in [0, 0.1) is 11.3 Å². The van der Waals surface area contributed by atoms with Crippen LogP contribution in [0.4, 0.5) is 0 Å². The average molecular weight is 533 g/mol. The fraction of sp³-hybridized carbons (Fsp3) is 0.152. The van der Waals surface area contributed by atoms with Gasteiger partial charge in [0.2, 0.25) is 5.88 Å². The zero-order valence-corrected chi connectivity index (χ0v) is 22.2. The van der Waals surface area contributed by atoms with Gasteiger partial charge in [0, 0.05) is 11.6 Å². The van der Waals surface area contributed by atoms with Crippen molar-refractivity contribution >= 4 is 5.97 Å². The number of nitrogens with two attached hydrogens (primary N) is 1. The molecule has 1 aliphatic heterocycles. The maximum atomic E-state index is 12.7. The van der Waals surface area contributed by atoms with E-state index in [1.807, 2.05) is 68.4 Å². The van der Waals surface area contributed by atoms with Gasteiger partial charge >= 0.3 is 5.97 Å². The molecule has 1 atom stereocenters. The van der Waals surface area contributed by atoms with Gasteiger partial charge in [-0.3, -0.25) is 0 Å². The molecule has 1 aliphatic rings. The molecule has 0 bridgehead atoms. The zero-order chi connectivity index (χ0) is 28.1. The number of carbonyl (C=O) groups is 1. The van der Waals surface area contributed by atoms with Gasteiger partial charge in [0.1, 0.15) is 41.2 Å². The summed E-state index contributed by atoms with van der Waals surface area (Å²) >= 11 is 0. The molecule has 1 heterocycles. The van der Waals surface area contributed by atoms with Crippen molar-refractivity contribution in [3.05, 3.63) is 131 Å². The van der Waals surface area contributed by atoms with Crippen LogP contribution in [0.2, 0.25) is 0 Å². The van der Waals surface area contributed by atoms with Crippen molar-refractivity contribution < 1.29 is 23.7 Å². The topological polar surface area (TPSA) is 104 Å². The average Bonchev–Trinajstić information content (AvgIpc) is 2.96. The lowest BCUT2D eigenvalue weighted by atomic mass is 9.83. The third-order valence-corrected chi connectivity index (χ3v) is 6.32. The molecule has 1 unspecified atom stereocenters. The van der Waals surface area contributed by atoms with Crippen molar-refractivity contribution in [2.75, 3.05) is 0 Å². The normalized spacial score (nSPS) is 14.1. The first-order chi connectivity index (χ1) is 19.4. The van der Waals surface area contributed by atoms with E-state index in [4.69, 9.17) is 24.7 Å². The van der Waals surface area contributed by atoms with Crippen LogP contribution in [0.1, 0.15) is 46.8 Å². The van der Waals surface area contributed by atoms with Crippen molar-refractivity contribution in [2.45, 2.75) is 32.5 Å². The van der Waals surface area contributed by atoms with Crippen molar-refractivity contribution in [3.8, 4) is 29.1 Å². The summed E-state index contributed by atoms with van der Waals surface area (Å²) in [6.07, 6.45) is 0.0334. The van der Waals surface area contributed by atoms with Crippen LogP contribution in [0.25, 0.3) is 0 Å². The number of hydrogen-bond acceptors (Lipinski definition) is 7. The Hall–Kier alpha value is -5.22. The lowest BCUT2D eigenvalue weighted by Crippen LogP contribution is -2.21. The fourth-order valence-electron chi connectivity index (χ4n) is 4.45. The zero-order valence-electron chi connectivity index (χ0n) is 22.2. The van der Waals surface area contributed by atoms with E-state index < -0.39 is 11.9 Å². The molecule has 2 N–H and O–H groups in total. The molecule has 0 fully saturated rings. The minimum atomic E-state index is -0.518. The second kappa shape index (κ2) is 11.7. The number of hydrogen-bond donors (Lipinski definition) is 1. The number of nitriles is 1. The first-order valence-corrected chi connectivity index (χ1v) is 12.9. The molecule has 40 heavy (non-hydrogen) atoms.